The van der Waals surface area contributed by atoms with Gasteiger partial charge in [0.1, 0.15) is 5.69 Å². The largest absolute Gasteiger partial charge is 0.347 e. The van der Waals surface area contributed by atoms with Crippen LogP contribution in [0.3, 0.4) is 0 Å². The molecule has 0 aliphatic carbocycles. The molecule has 6 nitrogen and oxygen atoms in total. The summed E-state index contributed by atoms with van der Waals surface area (Å²) in [7, 11) is 3.98. The minimum absolute atomic E-state index is 0.0492. The monoisotopic (exact) mass is 330 g/mol. The van der Waals surface area contributed by atoms with E-state index in [1.165, 1.54) is 0 Å². The van der Waals surface area contributed by atoms with E-state index in [2.05, 4.69) is 11.9 Å². The quantitative estimate of drug-likeness (QED) is 0.800. The molecule has 3 aliphatic rings. The summed E-state index contributed by atoms with van der Waals surface area (Å²) in [6.45, 7) is 4.67. The second kappa shape index (κ2) is 5.62. The molecule has 0 radical (unpaired) electrons. The summed E-state index contributed by atoms with van der Waals surface area (Å²) < 4.78 is 1.86. The first-order valence-corrected chi connectivity index (χ1v) is 8.90. The number of aryl methyl sites for hydroxylation is 1. The summed E-state index contributed by atoms with van der Waals surface area (Å²) in [6, 6.07) is 3.75. The van der Waals surface area contributed by atoms with Gasteiger partial charge in [-0.2, -0.15) is 0 Å². The van der Waals surface area contributed by atoms with Gasteiger partial charge >= 0.3 is 0 Å². The van der Waals surface area contributed by atoms with Crippen LogP contribution in [0.15, 0.2) is 18.3 Å². The summed E-state index contributed by atoms with van der Waals surface area (Å²) in [5, 5.41) is 0. The highest BCUT2D eigenvalue weighted by Crippen LogP contribution is 2.44. The molecule has 0 spiro atoms. The predicted octanol–water partition coefficient (Wildman–Crippen LogP) is 0.651. The summed E-state index contributed by atoms with van der Waals surface area (Å²) in [6.07, 6.45) is 4.10. The molecule has 1 aromatic heterocycles. The Morgan fingerprint density at radius 3 is 2.50 bits per heavy atom. The standard InChI is InChI=1S/C18H26N4O2/c1-19-10-14-11-22(16(23)15-6-5-7-20(15)2)13-18(14,12-19)17(24)21-8-3-4-9-21/h5-7,14H,3-4,8-13H2,1-2H3. The molecule has 130 valence electrons. The minimum Gasteiger partial charge on any atom is -0.347 e. The van der Waals surface area contributed by atoms with Crippen molar-refractivity contribution in [3.63, 3.8) is 0 Å². The number of rotatable bonds is 2. The van der Waals surface area contributed by atoms with Gasteiger partial charge in [0, 0.05) is 58.4 Å². The number of nitrogens with zero attached hydrogens (tertiary/aromatic N) is 4. The van der Waals surface area contributed by atoms with Crippen LogP contribution in [-0.4, -0.2) is 77.4 Å². The second-order valence-electron chi connectivity index (χ2n) is 7.74. The van der Waals surface area contributed by atoms with E-state index in [-0.39, 0.29) is 17.7 Å². The lowest BCUT2D eigenvalue weighted by Crippen LogP contribution is -2.49. The normalized spacial score (nSPS) is 30.2. The van der Waals surface area contributed by atoms with Crippen LogP contribution < -0.4 is 0 Å². The highest BCUT2D eigenvalue weighted by molar-refractivity contribution is 5.94. The Labute approximate surface area is 143 Å². The van der Waals surface area contributed by atoms with Gasteiger partial charge in [0.25, 0.3) is 5.91 Å². The van der Waals surface area contributed by atoms with Crippen molar-refractivity contribution < 1.29 is 9.59 Å². The fraction of sp³-hybridized carbons (Fsp3) is 0.667. The number of fused-ring (bicyclic) bond motifs is 1. The molecule has 3 saturated heterocycles. The molecule has 0 saturated carbocycles. The molecule has 4 heterocycles. The van der Waals surface area contributed by atoms with E-state index >= 15 is 0 Å². The van der Waals surface area contributed by atoms with Crippen LogP contribution in [0.25, 0.3) is 0 Å². The Balaban J connectivity index is 1.59. The van der Waals surface area contributed by atoms with Crippen molar-refractivity contribution >= 4 is 11.8 Å². The molecule has 0 N–H and O–H groups in total. The molecule has 3 aliphatic heterocycles. The maximum absolute atomic E-state index is 13.3. The number of hydrogen-bond acceptors (Lipinski definition) is 3. The molecule has 3 fully saturated rings. The van der Waals surface area contributed by atoms with Crippen LogP contribution in [-0.2, 0) is 11.8 Å². The number of carbonyl (C=O) groups is 2. The van der Waals surface area contributed by atoms with E-state index in [1.54, 1.807) is 0 Å². The zero-order valence-electron chi connectivity index (χ0n) is 14.6. The van der Waals surface area contributed by atoms with Gasteiger partial charge in [-0.1, -0.05) is 0 Å². The third-order valence-corrected chi connectivity index (χ3v) is 6.05. The van der Waals surface area contributed by atoms with Crippen LogP contribution in [0.1, 0.15) is 23.3 Å². The number of amides is 2. The van der Waals surface area contributed by atoms with Gasteiger partial charge in [0.2, 0.25) is 5.91 Å². The van der Waals surface area contributed by atoms with Crippen LogP contribution >= 0.6 is 0 Å². The zero-order valence-corrected chi connectivity index (χ0v) is 14.6. The van der Waals surface area contributed by atoms with Crippen molar-refractivity contribution in [3.05, 3.63) is 24.0 Å². The van der Waals surface area contributed by atoms with Gasteiger partial charge in [0.15, 0.2) is 0 Å². The van der Waals surface area contributed by atoms with Crippen molar-refractivity contribution in [2.24, 2.45) is 18.4 Å². The van der Waals surface area contributed by atoms with Gasteiger partial charge in [-0.25, -0.2) is 0 Å². The minimum atomic E-state index is -0.403. The average molecular weight is 330 g/mol. The number of likely N-dealkylation sites (tertiary alicyclic amines) is 3. The van der Waals surface area contributed by atoms with E-state index < -0.39 is 5.41 Å². The Hall–Kier alpha value is -1.82. The Kier molecular flexibility index (Phi) is 3.67. The molecule has 24 heavy (non-hydrogen) atoms. The molecule has 4 rings (SSSR count). The summed E-state index contributed by atoms with van der Waals surface area (Å²) >= 11 is 0. The van der Waals surface area contributed by atoms with E-state index in [4.69, 9.17) is 0 Å². The van der Waals surface area contributed by atoms with Crippen molar-refractivity contribution in [3.8, 4) is 0 Å². The first-order valence-electron chi connectivity index (χ1n) is 8.90. The summed E-state index contributed by atoms with van der Waals surface area (Å²) in [5.74, 6) is 0.574. The highest BCUT2D eigenvalue weighted by atomic mass is 16.2. The SMILES string of the molecule is CN1CC2CN(C(=O)c3cccn3C)CC2(C(=O)N2CCCC2)C1. The van der Waals surface area contributed by atoms with E-state index in [9.17, 15) is 9.59 Å². The van der Waals surface area contributed by atoms with E-state index in [0.717, 1.165) is 39.0 Å². The van der Waals surface area contributed by atoms with Crippen LogP contribution in [0, 0.1) is 11.3 Å². The average Bonchev–Trinajstić information content (AvgIpc) is 3.28. The van der Waals surface area contributed by atoms with E-state index in [0.29, 0.717) is 18.8 Å². The third-order valence-electron chi connectivity index (χ3n) is 6.05. The first-order chi connectivity index (χ1) is 11.5. The Morgan fingerprint density at radius 1 is 1.08 bits per heavy atom. The van der Waals surface area contributed by atoms with Crippen LogP contribution in [0.2, 0.25) is 0 Å². The highest BCUT2D eigenvalue weighted by Gasteiger charge is 2.58. The molecule has 2 amide bonds. The van der Waals surface area contributed by atoms with Gasteiger partial charge in [0.05, 0.1) is 5.41 Å². The van der Waals surface area contributed by atoms with Crippen LogP contribution in [0.5, 0.6) is 0 Å². The van der Waals surface area contributed by atoms with Crippen molar-refractivity contribution in [2.75, 3.05) is 46.3 Å². The summed E-state index contributed by atoms with van der Waals surface area (Å²) in [4.78, 5) is 32.4. The Bertz CT molecular complexity index is 664. The third kappa shape index (κ3) is 2.27. The lowest BCUT2D eigenvalue weighted by atomic mass is 9.79. The van der Waals surface area contributed by atoms with Gasteiger partial charge in [-0.15, -0.1) is 0 Å². The first kappa shape index (κ1) is 15.7. The van der Waals surface area contributed by atoms with Gasteiger partial charge in [-0.3, -0.25) is 9.59 Å². The van der Waals surface area contributed by atoms with Gasteiger partial charge < -0.3 is 19.3 Å². The number of carbonyl (C=O) groups excluding carboxylic acids is 2. The second-order valence-corrected chi connectivity index (χ2v) is 7.74. The van der Waals surface area contributed by atoms with Gasteiger partial charge in [-0.05, 0) is 32.0 Å². The van der Waals surface area contributed by atoms with Crippen molar-refractivity contribution in [1.82, 2.24) is 19.3 Å². The molecule has 2 atom stereocenters. The lowest BCUT2D eigenvalue weighted by molar-refractivity contribution is -0.141. The molecule has 1 aromatic rings. The molecule has 0 bridgehead atoms. The molecule has 6 heteroatoms. The van der Waals surface area contributed by atoms with Crippen LogP contribution in [0.4, 0.5) is 0 Å². The smallest absolute Gasteiger partial charge is 0.270 e. The fourth-order valence-corrected chi connectivity index (χ4v) is 4.85. The molecule has 2 unspecified atom stereocenters. The zero-order chi connectivity index (χ0) is 16.9. The lowest BCUT2D eigenvalue weighted by Gasteiger charge is -2.32. The molecular formula is C18H26N4O2. The number of aromatic nitrogens is 1. The summed E-state index contributed by atoms with van der Waals surface area (Å²) in [5.41, 5.74) is 0.298. The number of hydrogen-bond donors (Lipinski definition) is 0. The Morgan fingerprint density at radius 2 is 1.83 bits per heavy atom. The molecular weight excluding hydrogens is 304 g/mol. The molecule has 0 aromatic carbocycles. The maximum Gasteiger partial charge on any atom is 0.270 e. The topological polar surface area (TPSA) is 48.8 Å². The predicted molar refractivity (Wildman–Crippen MR) is 90.6 cm³/mol. The fourth-order valence-electron chi connectivity index (χ4n) is 4.85. The maximum atomic E-state index is 13.3. The van der Waals surface area contributed by atoms with E-state index in [1.807, 2.05) is 39.7 Å². The van der Waals surface area contributed by atoms with Crippen molar-refractivity contribution in [2.45, 2.75) is 12.8 Å². The van der Waals surface area contributed by atoms with Crippen molar-refractivity contribution in [1.29, 1.82) is 0 Å².